The van der Waals surface area contributed by atoms with Gasteiger partial charge in [0.2, 0.25) is 5.91 Å². The highest BCUT2D eigenvalue weighted by Gasteiger charge is 2.69. The largest absolute Gasteiger partial charge is 0.471 e. The summed E-state index contributed by atoms with van der Waals surface area (Å²) >= 11 is 0. The van der Waals surface area contributed by atoms with Crippen molar-refractivity contribution in [3.63, 3.8) is 0 Å². The molecule has 2 saturated heterocycles. The third-order valence-electron chi connectivity index (χ3n) is 6.82. The van der Waals surface area contributed by atoms with Crippen molar-refractivity contribution in [3.8, 4) is 0 Å². The normalized spacial score (nSPS) is 29.4. The molecule has 1 aliphatic carbocycles. The molecule has 0 radical (unpaired) electrons. The first-order valence-electron chi connectivity index (χ1n) is 10.1. The Hall–Kier alpha value is -2.21. The molecule has 1 saturated carbocycles. The number of likely N-dealkylation sites (tertiary alicyclic amines) is 1. The molecule has 2 heterocycles. The predicted molar refractivity (Wildman–Crippen MR) is 97.7 cm³/mol. The zero-order valence-corrected chi connectivity index (χ0v) is 17.8. The monoisotopic (exact) mass is 473 g/mol. The molecule has 13 heteroatoms. The van der Waals surface area contributed by atoms with Crippen LogP contribution in [0.3, 0.4) is 0 Å². The molecule has 3 rings (SSSR count). The number of rotatable bonds is 2. The number of alkyl halides is 6. The van der Waals surface area contributed by atoms with E-state index in [1.54, 1.807) is 0 Å². The fourth-order valence-corrected chi connectivity index (χ4v) is 4.97. The van der Waals surface area contributed by atoms with E-state index < -0.39 is 85.3 Å². The van der Waals surface area contributed by atoms with Crippen LogP contribution in [-0.4, -0.2) is 93.2 Å². The minimum absolute atomic E-state index is 0.124. The number of halogens is 6. The molecule has 7 nitrogen and oxygen atoms in total. The van der Waals surface area contributed by atoms with E-state index >= 15 is 0 Å². The fraction of sp³-hybridized carbons (Fsp3) is 0.842. The number of piperazine rings is 1. The van der Waals surface area contributed by atoms with Gasteiger partial charge in [-0.25, -0.2) is 18.0 Å². The second kappa shape index (κ2) is 7.14. The third-order valence-corrected chi connectivity index (χ3v) is 6.82. The first kappa shape index (κ1) is 24.4. The lowest BCUT2D eigenvalue weighted by Gasteiger charge is -2.52. The average Bonchev–Trinajstić information content (AvgIpc) is 3.33. The number of carboxylic acid groups (broad SMARTS) is 1. The number of amides is 3. The van der Waals surface area contributed by atoms with Gasteiger partial charge in [0.05, 0.1) is 18.1 Å². The summed E-state index contributed by atoms with van der Waals surface area (Å²) in [6.45, 7) is 0.412. The predicted octanol–water partition coefficient (Wildman–Crippen LogP) is 2.89. The molecule has 1 N–H and O–H groups in total. The van der Waals surface area contributed by atoms with Gasteiger partial charge in [-0.05, 0) is 18.3 Å². The smallest absolute Gasteiger partial charge is 0.465 e. The summed E-state index contributed by atoms with van der Waals surface area (Å²) < 4.78 is 81.9. The first-order valence-corrected chi connectivity index (χ1v) is 10.1. The van der Waals surface area contributed by atoms with E-state index in [-0.39, 0.29) is 12.8 Å². The molecular weight excluding hydrogens is 448 g/mol. The fourth-order valence-electron chi connectivity index (χ4n) is 4.97. The Morgan fingerprint density at radius 2 is 1.59 bits per heavy atom. The van der Waals surface area contributed by atoms with Crippen molar-refractivity contribution < 1.29 is 45.8 Å². The molecule has 2 aliphatic heterocycles. The van der Waals surface area contributed by atoms with Crippen molar-refractivity contribution in [1.82, 2.24) is 14.7 Å². The SMILES string of the molecule is CC(C)(C)[C@]1(C(=O)N2CC3(CC3)N(C(=O)C(F)(F)F)C[C@@H]2CF)CC(F)(F)CN1C(=O)O. The van der Waals surface area contributed by atoms with Crippen molar-refractivity contribution in [2.24, 2.45) is 5.41 Å². The number of nitrogens with zero attached hydrogens (tertiary/aromatic N) is 3. The number of carbonyl (C=O) groups excluding carboxylic acids is 2. The Kier molecular flexibility index (Phi) is 5.45. The minimum atomic E-state index is -5.19. The lowest BCUT2D eigenvalue weighted by Crippen LogP contribution is -2.71. The van der Waals surface area contributed by atoms with Crippen LogP contribution in [0, 0.1) is 5.41 Å². The summed E-state index contributed by atoms with van der Waals surface area (Å²) in [7, 11) is 0. The van der Waals surface area contributed by atoms with Gasteiger partial charge in [-0.1, -0.05) is 20.8 Å². The van der Waals surface area contributed by atoms with Gasteiger partial charge in [0.25, 0.3) is 5.92 Å². The minimum Gasteiger partial charge on any atom is -0.465 e. The van der Waals surface area contributed by atoms with Gasteiger partial charge in [0, 0.05) is 19.5 Å². The lowest BCUT2D eigenvalue weighted by molar-refractivity contribution is -0.194. The number of hydrogen-bond acceptors (Lipinski definition) is 3. The van der Waals surface area contributed by atoms with E-state index in [0.29, 0.717) is 9.80 Å². The van der Waals surface area contributed by atoms with Gasteiger partial charge < -0.3 is 14.9 Å². The standard InChI is InChI=1S/C19H25F6N3O4/c1-15(2,3)18(8-17(21,22)10-28(18)14(31)32)12(29)26-9-16(4-5-16)27(7-11(26)6-20)13(30)19(23,24)25/h11H,4-10H2,1-3H3,(H,31,32)/t11-,18+/m0/s1. The van der Waals surface area contributed by atoms with Gasteiger partial charge in [-0.2, -0.15) is 13.2 Å². The highest BCUT2D eigenvalue weighted by Crippen LogP contribution is 2.53. The van der Waals surface area contributed by atoms with Crippen molar-refractivity contribution >= 4 is 17.9 Å². The second-order valence-corrected chi connectivity index (χ2v) is 9.89. The maximum atomic E-state index is 14.4. The van der Waals surface area contributed by atoms with Crippen LogP contribution >= 0.6 is 0 Å². The molecule has 3 amide bonds. The van der Waals surface area contributed by atoms with Crippen LogP contribution in [0.15, 0.2) is 0 Å². The van der Waals surface area contributed by atoms with E-state index in [2.05, 4.69) is 0 Å². The lowest BCUT2D eigenvalue weighted by atomic mass is 9.70. The van der Waals surface area contributed by atoms with E-state index in [9.17, 15) is 45.8 Å². The van der Waals surface area contributed by atoms with Crippen LogP contribution in [0.2, 0.25) is 0 Å². The first-order chi connectivity index (χ1) is 14.4. The zero-order chi connectivity index (χ0) is 24.5. The van der Waals surface area contributed by atoms with E-state index in [4.69, 9.17) is 0 Å². The molecule has 0 aromatic rings. The number of carbonyl (C=O) groups is 3. The molecule has 2 atom stereocenters. The molecule has 32 heavy (non-hydrogen) atoms. The summed E-state index contributed by atoms with van der Waals surface area (Å²) in [4.78, 5) is 39.2. The summed E-state index contributed by atoms with van der Waals surface area (Å²) in [6, 6.07) is -1.52. The summed E-state index contributed by atoms with van der Waals surface area (Å²) in [5.41, 5.74) is -4.98. The van der Waals surface area contributed by atoms with Crippen LogP contribution in [0.5, 0.6) is 0 Å². The Morgan fingerprint density at radius 1 is 1.03 bits per heavy atom. The van der Waals surface area contributed by atoms with E-state index in [0.717, 1.165) is 4.90 Å². The van der Waals surface area contributed by atoms with Crippen molar-refractivity contribution in [2.75, 3.05) is 26.3 Å². The second-order valence-electron chi connectivity index (χ2n) is 9.89. The van der Waals surface area contributed by atoms with Gasteiger partial charge >= 0.3 is 18.2 Å². The third kappa shape index (κ3) is 3.66. The molecule has 0 aromatic heterocycles. The summed E-state index contributed by atoms with van der Waals surface area (Å²) in [5.74, 6) is -6.76. The number of hydrogen-bond donors (Lipinski definition) is 1. The van der Waals surface area contributed by atoms with Gasteiger partial charge in [0.15, 0.2) is 0 Å². The Labute approximate surface area is 180 Å². The Balaban J connectivity index is 2.03. The highest BCUT2D eigenvalue weighted by atomic mass is 19.4. The van der Waals surface area contributed by atoms with Gasteiger partial charge in [0.1, 0.15) is 12.2 Å². The molecule has 3 fully saturated rings. The maximum Gasteiger partial charge on any atom is 0.471 e. The van der Waals surface area contributed by atoms with Crippen molar-refractivity contribution in [1.29, 1.82) is 0 Å². The van der Waals surface area contributed by atoms with Crippen LogP contribution in [0.1, 0.15) is 40.0 Å². The topological polar surface area (TPSA) is 81.2 Å². The van der Waals surface area contributed by atoms with E-state index in [1.807, 2.05) is 0 Å². The molecule has 182 valence electrons. The highest BCUT2D eigenvalue weighted by molar-refractivity contribution is 5.92. The van der Waals surface area contributed by atoms with Crippen LogP contribution in [0.25, 0.3) is 0 Å². The quantitative estimate of drug-likeness (QED) is 0.626. The van der Waals surface area contributed by atoms with Crippen LogP contribution in [-0.2, 0) is 9.59 Å². The molecule has 1 spiro atoms. The van der Waals surface area contributed by atoms with Crippen molar-refractivity contribution in [2.45, 2.75) is 69.3 Å². The molecule has 0 aromatic carbocycles. The molecule has 0 unspecified atom stereocenters. The summed E-state index contributed by atoms with van der Waals surface area (Å²) in [5, 5.41) is 9.60. The molecule has 3 aliphatic rings. The maximum absolute atomic E-state index is 14.4. The zero-order valence-electron chi connectivity index (χ0n) is 17.8. The van der Waals surface area contributed by atoms with Gasteiger partial charge in [-0.3, -0.25) is 14.5 Å². The summed E-state index contributed by atoms with van der Waals surface area (Å²) in [6.07, 6.45) is -7.84. The Morgan fingerprint density at radius 3 is 2.00 bits per heavy atom. The van der Waals surface area contributed by atoms with Crippen molar-refractivity contribution in [3.05, 3.63) is 0 Å². The van der Waals surface area contributed by atoms with Gasteiger partial charge in [-0.15, -0.1) is 0 Å². The Bertz CT molecular complexity index is 823. The molecular formula is C19H25F6N3O4. The van der Waals surface area contributed by atoms with Crippen LogP contribution < -0.4 is 0 Å². The van der Waals surface area contributed by atoms with Crippen LogP contribution in [0.4, 0.5) is 31.1 Å². The average molecular weight is 473 g/mol. The van der Waals surface area contributed by atoms with E-state index in [1.165, 1.54) is 20.8 Å². The molecule has 0 bridgehead atoms.